The fourth-order valence-electron chi connectivity index (χ4n) is 2.25. The minimum Gasteiger partial charge on any atom is -0.307 e. The molecule has 0 saturated carbocycles. The molecule has 0 aliphatic carbocycles. The molecule has 0 fully saturated rings. The Kier molecular flexibility index (Phi) is 2.26. The number of hydrogen-bond donors (Lipinski definition) is 2. The largest absolute Gasteiger partial charge is 0.307 e. The molecule has 1 aromatic carbocycles. The van der Waals surface area contributed by atoms with Crippen LogP contribution in [-0.2, 0) is 19.5 Å². The molecule has 0 atom stereocenters. The Morgan fingerprint density at radius 1 is 1.25 bits per heavy atom. The zero-order valence-electron chi connectivity index (χ0n) is 9.38. The maximum absolute atomic E-state index is 4.41. The summed E-state index contributed by atoms with van der Waals surface area (Å²) in [5, 5.41) is 10.9. The number of nitrogens with zero attached hydrogens (tertiary/aromatic N) is 1. The van der Waals surface area contributed by atoms with E-state index in [1.807, 2.05) is 0 Å². The molecule has 3 nitrogen and oxygen atoms in total. The van der Waals surface area contributed by atoms with Crippen LogP contribution in [0.3, 0.4) is 0 Å². The van der Waals surface area contributed by atoms with Crippen LogP contribution >= 0.6 is 0 Å². The molecule has 82 valence electrons. The van der Waals surface area contributed by atoms with Gasteiger partial charge in [-0.15, -0.1) is 0 Å². The average molecular weight is 213 g/mol. The number of benzene rings is 1. The normalized spacial score (nSPS) is 14.1. The molecule has 2 aromatic rings. The van der Waals surface area contributed by atoms with Crippen LogP contribution in [0.25, 0.3) is 0 Å². The van der Waals surface area contributed by atoms with Crippen molar-refractivity contribution in [3.8, 4) is 0 Å². The Morgan fingerprint density at radius 2 is 2.12 bits per heavy atom. The summed E-state index contributed by atoms with van der Waals surface area (Å²) in [5.41, 5.74) is 6.51. The van der Waals surface area contributed by atoms with E-state index in [-0.39, 0.29) is 0 Å². The summed E-state index contributed by atoms with van der Waals surface area (Å²) in [6.07, 6.45) is 0.931. The molecule has 0 bridgehead atoms. The maximum atomic E-state index is 4.41. The third-order valence-corrected chi connectivity index (χ3v) is 3.26. The second kappa shape index (κ2) is 3.76. The lowest BCUT2D eigenvalue weighted by atomic mass is 10.0. The van der Waals surface area contributed by atoms with Crippen molar-refractivity contribution in [1.29, 1.82) is 0 Å². The van der Waals surface area contributed by atoms with Gasteiger partial charge in [0.15, 0.2) is 0 Å². The van der Waals surface area contributed by atoms with Gasteiger partial charge in [0.1, 0.15) is 0 Å². The van der Waals surface area contributed by atoms with Gasteiger partial charge in [0, 0.05) is 25.1 Å². The number of aromatic amines is 1. The van der Waals surface area contributed by atoms with Gasteiger partial charge in [-0.1, -0.05) is 24.3 Å². The molecule has 0 spiro atoms. The smallest absolute Gasteiger partial charge is 0.0714 e. The minimum atomic E-state index is 0.927. The molecule has 1 aliphatic heterocycles. The van der Waals surface area contributed by atoms with Crippen LogP contribution < -0.4 is 5.32 Å². The lowest BCUT2D eigenvalue weighted by Gasteiger charge is -2.04. The third-order valence-electron chi connectivity index (χ3n) is 3.26. The van der Waals surface area contributed by atoms with E-state index in [0.29, 0.717) is 0 Å². The molecule has 1 aliphatic rings. The van der Waals surface area contributed by atoms with Crippen LogP contribution in [0.15, 0.2) is 24.3 Å². The highest BCUT2D eigenvalue weighted by atomic mass is 15.2. The Bertz CT molecular complexity index is 514. The van der Waals surface area contributed by atoms with E-state index in [1.165, 1.54) is 28.1 Å². The summed E-state index contributed by atoms with van der Waals surface area (Å²) in [5.74, 6) is 0. The zero-order chi connectivity index (χ0) is 11.0. The van der Waals surface area contributed by atoms with Gasteiger partial charge >= 0.3 is 0 Å². The molecule has 0 radical (unpaired) electrons. The number of fused-ring (bicyclic) bond motifs is 1. The van der Waals surface area contributed by atoms with Gasteiger partial charge in [0.25, 0.3) is 0 Å². The second-order valence-corrected chi connectivity index (χ2v) is 4.33. The average Bonchev–Trinajstić information content (AvgIpc) is 2.86. The molecule has 16 heavy (non-hydrogen) atoms. The molecule has 2 N–H and O–H groups in total. The SMILES string of the molecule is Cc1ccccc1Cc1n[nH]c2c1CNC2. The maximum Gasteiger partial charge on any atom is 0.0714 e. The van der Waals surface area contributed by atoms with Crippen molar-refractivity contribution in [3.05, 3.63) is 52.3 Å². The van der Waals surface area contributed by atoms with Gasteiger partial charge in [0.05, 0.1) is 11.4 Å². The van der Waals surface area contributed by atoms with Gasteiger partial charge in [0.2, 0.25) is 0 Å². The molecule has 1 aromatic heterocycles. The fraction of sp³-hybridized carbons (Fsp3) is 0.308. The Hall–Kier alpha value is -1.61. The number of rotatable bonds is 2. The van der Waals surface area contributed by atoms with Crippen LogP contribution in [-0.4, -0.2) is 10.2 Å². The number of nitrogens with one attached hydrogen (secondary N) is 2. The van der Waals surface area contributed by atoms with Crippen molar-refractivity contribution in [3.63, 3.8) is 0 Å². The van der Waals surface area contributed by atoms with Gasteiger partial charge in [-0.05, 0) is 18.1 Å². The molecular weight excluding hydrogens is 198 g/mol. The van der Waals surface area contributed by atoms with Crippen molar-refractivity contribution < 1.29 is 0 Å². The van der Waals surface area contributed by atoms with Crippen molar-refractivity contribution >= 4 is 0 Å². The number of H-pyrrole nitrogens is 1. The van der Waals surface area contributed by atoms with E-state index in [1.54, 1.807) is 0 Å². The monoisotopic (exact) mass is 213 g/mol. The van der Waals surface area contributed by atoms with Gasteiger partial charge in [-0.25, -0.2) is 0 Å². The second-order valence-electron chi connectivity index (χ2n) is 4.33. The van der Waals surface area contributed by atoms with E-state index in [2.05, 4.69) is 46.7 Å². The first-order valence-electron chi connectivity index (χ1n) is 5.65. The molecule has 3 heteroatoms. The van der Waals surface area contributed by atoms with E-state index in [4.69, 9.17) is 0 Å². The highest BCUT2D eigenvalue weighted by Crippen LogP contribution is 2.20. The minimum absolute atomic E-state index is 0.927. The highest BCUT2D eigenvalue weighted by molar-refractivity contribution is 5.35. The van der Waals surface area contributed by atoms with Gasteiger partial charge in [-0.3, -0.25) is 5.10 Å². The van der Waals surface area contributed by atoms with Crippen molar-refractivity contribution in [2.24, 2.45) is 0 Å². The van der Waals surface area contributed by atoms with Crippen LogP contribution in [0.5, 0.6) is 0 Å². The summed E-state index contributed by atoms with van der Waals surface area (Å²) in [6.45, 7) is 4.03. The van der Waals surface area contributed by atoms with Crippen LogP contribution in [0.4, 0.5) is 0 Å². The van der Waals surface area contributed by atoms with E-state index >= 15 is 0 Å². The molecule has 0 unspecified atom stereocenters. The Labute approximate surface area is 94.9 Å². The zero-order valence-corrected chi connectivity index (χ0v) is 9.38. The van der Waals surface area contributed by atoms with Crippen molar-refractivity contribution in [2.75, 3.05) is 0 Å². The van der Waals surface area contributed by atoms with Gasteiger partial charge in [-0.2, -0.15) is 5.10 Å². The van der Waals surface area contributed by atoms with E-state index in [0.717, 1.165) is 19.5 Å². The predicted molar refractivity (Wildman–Crippen MR) is 63.1 cm³/mol. The number of aromatic nitrogens is 2. The summed E-state index contributed by atoms with van der Waals surface area (Å²) < 4.78 is 0. The first-order chi connectivity index (χ1) is 7.84. The van der Waals surface area contributed by atoms with Crippen molar-refractivity contribution in [1.82, 2.24) is 15.5 Å². The van der Waals surface area contributed by atoms with Gasteiger partial charge < -0.3 is 5.32 Å². The Morgan fingerprint density at radius 3 is 3.00 bits per heavy atom. The lowest BCUT2D eigenvalue weighted by Crippen LogP contribution is -2.04. The summed E-state index contributed by atoms with van der Waals surface area (Å²) in [7, 11) is 0. The lowest BCUT2D eigenvalue weighted by molar-refractivity contribution is 0.733. The summed E-state index contributed by atoms with van der Waals surface area (Å²) in [4.78, 5) is 0. The van der Waals surface area contributed by atoms with Crippen LogP contribution in [0.1, 0.15) is 28.1 Å². The molecule has 0 saturated heterocycles. The molecule has 0 amide bonds. The van der Waals surface area contributed by atoms with Crippen LogP contribution in [0.2, 0.25) is 0 Å². The van der Waals surface area contributed by atoms with Crippen LogP contribution in [0, 0.1) is 6.92 Å². The third kappa shape index (κ3) is 1.53. The highest BCUT2D eigenvalue weighted by Gasteiger charge is 2.17. The standard InChI is InChI=1S/C13H15N3/c1-9-4-2-3-5-10(9)6-12-11-7-14-8-13(11)16-15-12/h2-5,14H,6-8H2,1H3,(H,15,16). The molecule has 3 rings (SSSR count). The fourth-order valence-corrected chi connectivity index (χ4v) is 2.25. The number of aryl methyl sites for hydroxylation is 1. The quantitative estimate of drug-likeness (QED) is 0.800. The number of hydrogen-bond acceptors (Lipinski definition) is 2. The van der Waals surface area contributed by atoms with E-state index < -0.39 is 0 Å². The van der Waals surface area contributed by atoms with Crippen molar-refractivity contribution in [2.45, 2.75) is 26.4 Å². The van der Waals surface area contributed by atoms with E-state index in [9.17, 15) is 0 Å². The molecule has 2 heterocycles. The summed E-state index contributed by atoms with van der Waals surface area (Å²) in [6, 6.07) is 8.50. The topological polar surface area (TPSA) is 40.7 Å². The predicted octanol–water partition coefficient (Wildman–Crippen LogP) is 1.91. The summed E-state index contributed by atoms with van der Waals surface area (Å²) >= 11 is 0. The first kappa shape index (κ1) is 9.60. The molecular formula is C13H15N3. The first-order valence-corrected chi connectivity index (χ1v) is 5.65. The Balaban J connectivity index is 1.92.